The van der Waals surface area contributed by atoms with Gasteiger partial charge in [-0.25, -0.2) is 13.2 Å². The van der Waals surface area contributed by atoms with E-state index in [2.05, 4.69) is 5.32 Å². The lowest BCUT2D eigenvalue weighted by Crippen LogP contribution is -2.43. The molecule has 0 aromatic carbocycles. The molecule has 7 heteroatoms. The molecule has 2 N–H and O–H groups in total. The summed E-state index contributed by atoms with van der Waals surface area (Å²) >= 11 is 0. The lowest BCUT2D eigenvalue weighted by Gasteiger charge is -2.12. The predicted octanol–water partition coefficient (Wildman–Crippen LogP) is 0.0366. The van der Waals surface area contributed by atoms with Gasteiger partial charge in [-0.2, -0.15) is 0 Å². The second kappa shape index (κ2) is 6.58. The van der Waals surface area contributed by atoms with E-state index < -0.39 is 33.5 Å². The highest BCUT2D eigenvalue weighted by molar-refractivity contribution is 7.92. The number of hydrogen-bond donors (Lipinski definition) is 2. The molecular formula is C10H19NO5S. The molecule has 100 valence electrons. The second-order valence-corrected chi connectivity index (χ2v) is 6.42. The molecule has 0 aliphatic rings. The molecule has 6 nitrogen and oxygen atoms in total. The third kappa shape index (κ3) is 6.93. The monoisotopic (exact) mass is 265 g/mol. The van der Waals surface area contributed by atoms with Crippen molar-refractivity contribution >= 4 is 21.7 Å². The molecular weight excluding hydrogens is 246 g/mol. The van der Waals surface area contributed by atoms with E-state index in [1.54, 1.807) is 20.8 Å². The number of rotatable bonds is 7. The van der Waals surface area contributed by atoms with Gasteiger partial charge in [0.05, 0.1) is 5.75 Å². The first kappa shape index (κ1) is 15.9. The highest BCUT2D eigenvalue weighted by Crippen LogP contribution is 2.01. The van der Waals surface area contributed by atoms with Crippen LogP contribution in [0.4, 0.5) is 0 Å². The van der Waals surface area contributed by atoms with Gasteiger partial charge in [0.1, 0.15) is 11.8 Å². The van der Waals surface area contributed by atoms with E-state index in [1.807, 2.05) is 0 Å². The largest absolute Gasteiger partial charge is 0.480 e. The molecule has 0 aliphatic carbocycles. The van der Waals surface area contributed by atoms with Crippen LogP contribution in [0.15, 0.2) is 0 Å². The number of nitrogens with one attached hydrogen (secondary N) is 1. The number of carboxylic acid groups (broad SMARTS) is 1. The van der Waals surface area contributed by atoms with E-state index in [0.29, 0.717) is 0 Å². The van der Waals surface area contributed by atoms with E-state index in [1.165, 1.54) is 0 Å². The van der Waals surface area contributed by atoms with E-state index in [9.17, 15) is 18.0 Å². The lowest BCUT2D eigenvalue weighted by molar-refractivity contribution is -0.141. The van der Waals surface area contributed by atoms with Crippen molar-refractivity contribution < 1.29 is 23.1 Å². The Morgan fingerprint density at radius 3 is 2.18 bits per heavy atom. The van der Waals surface area contributed by atoms with Gasteiger partial charge in [-0.1, -0.05) is 20.8 Å². The number of sulfone groups is 1. The standard InChI is InChI=1S/C10H19NO5S/c1-4-8(10(13)14)11-9(12)6-17(15,16)5-7(2)3/h7-8H,4-6H2,1-3H3,(H,11,12)(H,13,14). The van der Waals surface area contributed by atoms with Crippen molar-refractivity contribution in [2.75, 3.05) is 11.5 Å². The summed E-state index contributed by atoms with van der Waals surface area (Å²) in [6.07, 6.45) is 0.214. The average Bonchev–Trinajstić information content (AvgIpc) is 2.10. The molecule has 0 aromatic rings. The van der Waals surface area contributed by atoms with Crippen molar-refractivity contribution in [3.8, 4) is 0 Å². The van der Waals surface area contributed by atoms with Gasteiger partial charge in [0.15, 0.2) is 9.84 Å². The Balaban J connectivity index is 4.41. The topological polar surface area (TPSA) is 101 Å². The zero-order valence-corrected chi connectivity index (χ0v) is 11.1. The van der Waals surface area contributed by atoms with Crippen LogP contribution in [0.25, 0.3) is 0 Å². The van der Waals surface area contributed by atoms with E-state index in [4.69, 9.17) is 5.11 Å². The number of carbonyl (C=O) groups is 2. The van der Waals surface area contributed by atoms with Crippen LogP contribution in [0.3, 0.4) is 0 Å². The third-order valence-electron chi connectivity index (χ3n) is 1.98. The summed E-state index contributed by atoms with van der Waals surface area (Å²) in [6.45, 7) is 5.07. The minimum absolute atomic E-state index is 0.0609. The van der Waals surface area contributed by atoms with Gasteiger partial charge in [0.25, 0.3) is 0 Å². The first-order valence-corrected chi connectivity index (χ1v) is 7.22. The van der Waals surface area contributed by atoms with Crippen molar-refractivity contribution in [1.82, 2.24) is 5.32 Å². The highest BCUT2D eigenvalue weighted by atomic mass is 32.2. The Hall–Kier alpha value is -1.11. The van der Waals surface area contributed by atoms with Gasteiger partial charge in [-0.15, -0.1) is 0 Å². The molecule has 0 fully saturated rings. The molecule has 1 unspecified atom stereocenters. The molecule has 1 atom stereocenters. The van der Waals surface area contributed by atoms with Crippen LogP contribution in [0.5, 0.6) is 0 Å². The summed E-state index contributed by atoms with van der Waals surface area (Å²) in [5.74, 6) is -2.73. The zero-order valence-electron chi connectivity index (χ0n) is 10.3. The van der Waals surface area contributed by atoms with Crippen LogP contribution < -0.4 is 5.32 Å². The molecule has 0 aliphatic heterocycles. The second-order valence-electron chi connectivity index (χ2n) is 4.32. The van der Waals surface area contributed by atoms with Gasteiger partial charge in [0, 0.05) is 0 Å². The Morgan fingerprint density at radius 1 is 1.29 bits per heavy atom. The van der Waals surface area contributed by atoms with E-state index in [0.717, 1.165) is 0 Å². The molecule has 17 heavy (non-hydrogen) atoms. The number of hydrogen-bond acceptors (Lipinski definition) is 4. The van der Waals surface area contributed by atoms with Crippen molar-refractivity contribution in [2.24, 2.45) is 5.92 Å². The Kier molecular flexibility index (Phi) is 6.15. The van der Waals surface area contributed by atoms with Gasteiger partial charge in [0.2, 0.25) is 5.91 Å². The van der Waals surface area contributed by atoms with Gasteiger partial charge in [-0.05, 0) is 12.3 Å². The number of amides is 1. The summed E-state index contributed by atoms with van der Waals surface area (Å²) in [5.41, 5.74) is 0. The quantitative estimate of drug-likeness (QED) is 0.676. The van der Waals surface area contributed by atoms with Gasteiger partial charge in [-0.3, -0.25) is 4.79 Å². The molecule has 0 saturated heterocycles. The molecule has 0 bridgehead atoms. The molecule has 0 saturated carbocycles. The zero-order chi connectivity index (χ0) is 13.6. The van der Waals surface area contributed by atoms with Crippen LogP contribution in [0.2, 0.25) is 0 Å². The summed E-state index contributed by atoms with van der Waals surface area (Å²) in [6, 6.07) is -1.03. The van der Waals surface area contributed by atoms with Crippen molar-refractivity contribution in [1.29, 1.82) is 0 Å². The van der Waals surface area contributed by atoms with Crippen LogP contribution >= 0.6 is 0 Å². The number of carboxylic acids is 1. The van der Waals surface area contributed by atoms with Gasteiger partial charge >= 0.3 is 5.97 Å². The first-order chi connectivity index (χ1) is 7.68. The number of carbonyl (C=O) groups excluding carboxylic acids is 1. The summed E-state index contributed by atoms with van der Waals surface area (Å²) in [7, 11) is -3.46. The van der Waals surface area contributed by atoms with Crippen molar-refractivity contribution in [2.45, 2.75) is 33.2 Å². The molecule has 1 amide bonds. The first-order valence-electron chi connectivity index (χ1n) is 5.40. The number of aliphatic carboxylic acids is 1. The average molecular weight is 265 g/mol. The molecule has 0 aromatic heterocycles. The SMILES string of the molecule is CCC(NC(=O)CS(=O)(=O)CC(C)C)C(=O)O. The summed E-state index contributed by atoms with van der Waals surface area (Å²) in [5, 5.41) is 10.9. The van der Waals surface area contributed by atoms with E-state index >= 15 is 0 Å². The minimum Gasteiger partial charge on any atom is -0.480 e. The smallest absolute Gasteiger partial charge is 0.326 e. The maximum atomic E-state index is 11.5. The highest BCUT2D eigenvalue weighted by Gasteiger charge is 2.22. The van der Waals surface area contributed by atoms with Crippen molar-refractivity contribution in [3.05, 3.63) is 0 Å². The fourth-order valence-corrected chi connectivity index (χ4v) is 2.96. The normalized spacial score (nSPS) is 13.4. The molecule has 0 spiro atoms. The molecule has 0 heterocycles. The van der Waals surface area contributed by atoms with Crippen LogP contribution in [0.1, 0.15) is 27.2 Å². The van der Waals surface area contributed by atoms with Crippen molar-refractivity contribution in [3.63, 3.8) is 0 Å². The fourth-order valence-electron chi connectivity index (χ4n) is 1.34. The summed E-state index contributed by atoms with van der Waals surface area (Å²) in [4.78, 5) is 22.0. The van der Waals surface area contributed by atoms with Crippen LogP contribution in [0, 0.1) is 5.92 Å². The molecule has 0 radical (unpaired) electrons. The minimum atomic E-state index is -3.46. The van der Waals surface area contributed by atoms with Gasteiger partial charge < -0.3 is 10.4 Å². The predicted molar refractivity (Wildman–Crippen MR) is 63.3 cm³/mol. The van der Waals surface area contributed by atoms with E-state index in [-0.39, 0.29) is 18.1 Å². The maximum absolute atomic E-state index is 11.5. The summed E-state index contributed by atoms with van der Waals surface area (Å²) < 4.78 is 23.0. The third-order valence-corrected chi connectivity index (χ3v) is 3.86. The maximum Gasteiger partial charge on any atom is 0.326 e. The lowest BCUT2D eigenvalue weighted by atomic mass is 10.2. The fraction of sp³-hybridized carbons (Fsp3) is 0.800. The Bertz CT molecular complexity index is 374. The molecule has 0 rings (SSSR count). The Morgan fingerprint density at radius 2 is 1.82 bits per heavy atom. The van der Waals surface area contributed by atoms with Crippen LogP contribution in [-0.2, 0) is 19.4 Å². The van der Waals surface area contributed by atoms with Crippen LogP contribution in [-0.4, -0.2) is 42.9 Å². The Labute approximate surface area is 101 Å².